The van der Waals surface area contributed by atoms with Crippen molar-refractivity contribution in [1.82, 2.24) is 5.32 Å². The van der Waals surface area contributed by atoms with E-state index in [1.807, 2.05) is 0 Å². The topological polar surface area (TPSA) is 103 Å². The number of ether oxygens (including phenoxy) is 2. The van der Waals surface area contributed by atoms with Gasteiger partial charge in [0.2, 0.25) is 0 Å². The van der Waals surface area contributed by atoms with Crippen molar-refractivity contribution < 1.29 is 19.2 Å². The number of amides is 2. The molecule has 0 unspecified atom stereocenters. The van der Waals surface area contributed by atoms with E-state index < -0.39 is 11.0 Å². The second kappa shape index (κ2) is 8.00. The summed E-state index contributed by atoms with van der Waals surface area (Å²) in [7, 11) is 3.06. The summed E-state index contributed by atoms with van der Waals surface area (Å²) in [6.45, 7) is 1.79. The fraction of sp³-hybridized carbons (Fsp3) is 0.235. The lowest BCUT2D eigenvalue weighted by atomic mass is 10.1. The molecule has 0 saturated heterocycles. The number of methoxy groups -OCH3 is 2. The van der Waals surface area contributed by atoms with Crippen LogP contribution in [0, 0.1) is 17.0 Å². The molecule has 0 bridgehead atoms. The molecule has 8 heteroatoms. The molecule has 0 fully saturated rings. The van der Waals surface area contributed by atoms with Gasteiger partial charge >= 0.3 is 6.03 Å². The van der Waals surface area contributed by atoms with Crippen molar-refractivity contribution in [3.8, 4) is 11.5 Å². The Bertz CT molecular complexity index is 792. The minimum absolute atomic E-state index is 0.0488. The Morgan fingerprint density at radius 2 is 1.88 bits per heavy atom. The Kier molecular flexibility index (Phi) is 5.78. The van der Waals surface area contributed by atoms with E-state index in [2.05, 4.69) is 10.6 Å². The number of nitro benzene ring substituents is 1. The lowest BCUT2D eigenvalue weighted by molar-refractivity contribution is -0.385. The Balaban J connectivity index is 2.08. The van der Waals surface area contributed by atoms with E-state index >= 15 is 0 Å². The summed E-state index contributed by atoms with van der Waals surface area (Å²) >= 11 is 0. The largest absolute Gasteiger partial charge is 0.493 e. The summed E-state index contributed by atoms with van der Waals surface area (Å²) < 4.78 is 10.5. The molecule has 0 spiro atoms. The molecule has 8 nitrogen and oxygen atoms in total. The number of carbonyl (C=O) groups is 1. The van der Waals surface area contributed by atoms with Crippen molar-refractivity contribution in [3.63, 3.8) is 0 Å². The van der Waals surface area contributed by atoms with E-state index in [-0.39, 0.29) is 12.2 Å². The molecule has 132 valence electrons. The standard InChI is InChI=1S/C17H19N3O5/c1-11-13(7-5-8-14(11)20(22)23)19-17(21)18-10-12-6-4-9-15(24-2)16(12)25-3/h4-9H,10H2,1-3H3,(H2,18,19,21). The molecule has 25 heavy (non-hydrogen) atoms. The number of nitro groups is 1. The predicted molar refractivity (Wildman–Crippen MR) is 93.2 cm³/mol. The molecule has 0 heterocycles. The van der Waals surface area contributed by atoms with Crippen LogP contribution in [0.3, 0.4) is 0 Å². The van der Waals surface area contributed by atoms with E-state index in [1.54, 1.807) is 31.2 Å². The molecule has 2 N–H and O–H groups in total. The molecule has 0 saturated carbocycles. The Morgan fingerprint density at radius 1 is 1.16 bits per heavy atom. The molecule has 0 aromatic heterocycles. The molecular formula is C17H19N3O5. The van der Waals surface area contributed by atoms with Crippen LogP contribution >= 0.6 is 0 Å². The number of nitrogens with zero attached hydrogens (tertiary/aromatic N) is 1. The quantitative estimate of drug-likeness (QED) is 0.618. The van der Waals surface area contributed by atoms with E-state index in [0.717, 1.165) is 5.56 Å². The van der Waals surface area contributed by atoms with Crippen LogP contribution in [-0.4, -0.2) is 25.2 Å². The maximum absolute atomic E-state index is 12.1. The van der Waals surface area contributed by atoms with Gasteiger partial charge in [0, 0.05) is 18.2 Å². The summed E-state index contributed by atoms with van der Waals surface area (Å²) in [6.07, 6.45) is 0. The smallest absolute Gasteiger partial charge is 0.319 e. The average Bonchev–Trinajstić information content (AvgIpc) is 2.60. The number of carbonyl (C=O) groups excluding carboxylic acids is 1. The Morgan fingerprint density at radius 3 is 2.52 bits per heavy atom. The second-order valence-corrected chi connectivity index (χ2v) is 5.17. The normalized spacial score (nSPS) is 10.0. The third-order valence-electron chi connectivity index (χ3n) is 3.67. The van der Waals surface area contributed by atoms with Crippen molar-refractivity contribution in [3.05, 3.63) is 57.6 Å². The molecule has 2 amide bonds. The first kappa shape index (κ1) is 18.1. The zero-order valence-electron chi connectivity index (χ0n) is 14.2. The summed E-state index contributed by atoms with van der Waals surface area (Å²) in [5.41, 5.74) is 1.46. The van der Waals surface area contributed by atoms with Crippen molar-refractivity contribution in [1.29, 1.82) is 0 Å². The SMILES string of the molecule is COc1cccc(CNC(=O)Nc2cccc([N+](=O)[O-])c2C)c1OC. The molecule has 0 radical (unpaired) electrons. The molecular weight excluding hydrogens is 326 g/mol. The minimum Gasteiger partial charge on any atom is -0.493 e. The number of para-hydroxylation sites is 1. The van der Waals surface area contributed by atoms with Crippen molar-refractivity contribution in [2.24, 2.45) is 0 Å². The van der Waals surface area contributed by atoms with Gasteiger partial charge in [0.05, 0.1) is 30.4 Å². The van der Waals surface area contributed by atoms with Crippen LogP contribution in [0.25, 0.3) is 0 Å². The first-order valence-electron chi connectivity index (χ1n) is 7.46. The van der Waals surface area contributed by atoms with Crippen LogP contribution in [0.15, 0.2) is 36.4 Å². The average molecular weight is 345 g/mol. The number of hydrogen-bond donors (Lipinski definition) is 2. The van der Waals surface area contributed by atoms with Gasteiger partial charge in [0.15, 0.2) is 11.5 Å². The zero-order valence-corrected chi connectivity index (χ0v) is 14.2. The molecule has 2 aromatic rings. The van der Waals surface area contributed by atoms with E-state index in [1.165, 1.54) is 26.4 Å². The molecule has 0 atom stereocenters. The highest BCUT2D eigenvalue weighted by atomic mass is 16.6. The number of nitrogens with one attached hydrogen (secondary N) is 2. The van der Waals surface area contributed by atoms with Gasteiger partial charge in [-0.25, -0.2) is 4.79 Å². The maximum Gasteiger partial charge on any atom is 0.319 e. The van der Waals surface area contributed by atoms with Gasteiger partial charge in [-0.2, -0.15) is 0 Å². The van der Waals surface area contributed by atoms with Gasteiger partial charge in [-0.3, -0.25) is 10.1 Å². The van der Waals surface area contributed by atoms with Crippen LogP contribution in [-0.2, 0) is 6.54 Å². The van der Waals surface area contributed by atoms with E-state index in [9.17, 15) is 14.9 Å². The molecule has 0 aliphatic rings. The molecule has 0 aliphatic carbocycles. The Hall–Kier alpha value is -3.29. The van der Waals surface area contributed by atoms with Gasteiger partial charge in [-0.1, -0.05) is 18.2 Å². The third-order valence-corrected chi connectivity index (χ3v) is 3.67. The van der Waals surface area contributed by atoms with E-state index in [0.29, 0.717) is 22.7 Å². The Labute approximate surface area is 144 Å². The monoisotopic (exact) mass is 345 g/mol. The van der Waals surface area contributed by atoms with Gasteiger partial charge in [-0.05, 0) is 19.1 Å². The molecule has 2 aromatic carbocycles. The second-order valence-electron chi connectivity index (χ2n) is 5.17. The minimum atomic E-state index is -0.487. The van der Waals surface area contributed by atoms with Crippen LogP contribution in [0.4, 0.5) is 16.2 Å². The van der Waals surface area contributed by atoms with Gasteiger partial charge < -0.3 is 20.1 Å². The van der Waals surface area contributed by atoms with E-state index in [4.69, 9.17) is 9.47 Å². The number of hydrogen-bond acceptors (Lipinski definition) is 5. The number of benzene rings is 2. The number of anilines is 1. The summed E-state index contributed by atoms with van der Waals surface area (Å²) in [5, 5.41) is 16.3. The van der Waals surface area contributed by atoms with Crippen LogP contribution in [0.5, 0.6) is 11.5 Å². The van der Waals surface area contributed by atoms with Crippen LogP contribution in [0.1, 0.15) is 11.1 Å². The molecule has 2 rings (SSSR count). The third kappa shape index (κ3) is 4.17. The van der Waals surface area contributed by atoms with Crippen molar-refractivity contribution >= 4 is 17.4 Å². The summed E-state index contributed by atoms with van der Waals surface area (Å²) in [6, 6.07) is 9.39. The lowest BCUT2D eigenvalue weighted by Gasteiger charge is -2.14. The van der Waals surface area contributed by atoms with Gasteiger partial charge in [0.1, 0.15) is 0 Å². The highest BCUT2D eigenvalue weighted by molar-refractivity contribution is 5.90. The first-order chi connectivity index (χ1) is 12.0. The van der Waals surface area contributed by atoms with Gasteiger partial charge in [-0.15, -0.1) is 0 Å². The predicted octanol–water partition coefficient (Wildman–Crippen LogP) is 3.24. The van der Waals surface area contributed by atoms with Gasteiger partial charge in [0.25, 0.3) is 5.69 Å². The summed E-state index contributed by atoms with van der Waals surface area (Å²) in [5.74, 6) is 1.11. The van der Waals surface area contributed by atoms with Crippen LogP contribution in [0.2, 0.25) is 0 Å². The van der Waals surface area contributed by atoms with Crippen molar-refractivity contribution in [2.45, 2.75) is 13.5 Å². The lowest BCUT2D eigenvalue weighted by Crippen LogP contribution is -2.28. The number of rotatable bonds is 6. The highest BCUT2D eigenvalue weighted by Gasteiger charge is 2.15. The fourth-order valence-electron chi connectivity index (χ4n) is 2.39. The summed E-state index contributed by atoms with van der Waals surface area (Å²) in [4.78, 5) is 22.6. The molecule has 0 aliphatic heterocycles. The first-order valence-corrected chi connectivity index (χ1v) is 7.46. The van der Waals surface area contributed by atoms with Crippen LogP contribution < -0.4 is 20.1 Å². The fourth-order valence-corrected chi connectivity index (χ4v) is 2.39. The highest BCUT2D eigenvalue weighted by Crippen LogP contribution is 2.30. The maximum atomic E-state index is 12.1. The van der Waals surface area contributed by atoms with Crippen molar-refractivity contribution in [2.75, 3.05) is 19.5 Å². The number of urea groups is 1. The zero-order chi connectivity index (χ0) is 18.4.